The molecular weight excluding hydrogens is 284 g/mol. The van der Waals surface area contributed by atoms with Gasteiger partial charge in [-0.25, -0.2) is 4.98 Å². The van der Waals surface area contributed by atoms with Crippen molar-refractivity contribution in [1.29, 1.82) is 0 Å². The summed E-state index contributed by atoms with van der Waals surface area (Å²) in [5.41, 5.74) is 2.08. The zero-order valence-electron chi connectivity index (χ0n) is 7.29. The lowest BCUT2D eigenvalue weighted by molar-refractivity contribution is 1.25. The fourth-order valence-electron chi connectivity index (χ4n) is 1.15. The number of benzene rings is 1. The molecule has 2 rings (SSSR count). The molecule has 72 valence electrons. The summed E-state index contributed by atoms with van der Waals surface area (Å²) >= 11 is 10.6. The molecule has 1 aromatic carbocycles. The maximum atomic E-state index is 6.02. The number of hydrogen-bond donors (Lipinski definition) is 0. The molecule has 2 nitrogen and oxygen atoms in total. The van der Waals surface area contributed by atoms with Crippen LogP contribution in [-0.4, -0.2) is 9.36 Å². The smallest absolute Gasteiger partial charge is 0.209 e. The molecule has 0 aliphatic carbocycles. The zero-order valence-corrected chi connectivity index (χ0v) is 10.4. The maximum absolute atomic E-state index is 6.02. The Morgan fingerprint density at radius 2 is 2.21 bits per heavy atom. The van der Waals surface area contributed by atoms with Crippen molar-refractivity contribution in [3.05, 3.63) is 33.5 Å². The molecule has 0 atom stereocenters. The first-order chi connectivity index (χ1) is 6.68. The quantitative estimate of drug-likeness (QED) is 0.795. The maximum Gasteiger partial charge on any atom is 0.209 e. The van der Waals surface area contributed by atoms with Crippen LogP contribution < -0.4 is 0 Å². The molecule has 0 saturated heterocycles. The second kappa shape index (κ2) is 3.96. The van der Waals surface area contributed by atoms with Crippen LogP contribution in [0.25, 0.3) is 10.6 Å². The highest BCUT2D eigenvalue weighted by Gasteiger charge is 2.08. The van der Waals surface area contributed by atoms with E-state index in [-0.39, 0.29) is 0 Å². The highest BCUT2D eigenvalue weighted by molar-refractivity contribution is 9.10. The molecule has 0 unspecified atom stereocenters. The van der Waals surface area contributed by atoms with Gasteiger partial charge in [-0.3, -0.25) is 0 Å². The minimum atomic E-state index is 0.622. The lowest BCUT2D eigenvalue weighted by Crippen LogP contribution is -1.82. The van der Waals surface area contributed by atoms with E-state index in [0.717, 1.165) is 21.2 Å². The summed E-state index contributed by atoms with van der Waals surface area (Å²) < 4.78 is 4.69. The van der Waals surface area contributed by atoms with Crippen molar-refractivity contribution in [3.63, 3.8) is 0 Å². The van der Waals surface area contributed by atoms with Gasteiger partial charge in [0.25, 0.3) is 0 Å². The summed E-state index contributed by atoms with van der Waals surface area (Å²) in [6, 6.07) is 5.78. The first-order valence-electron chi connectivity index (χ1n) is 3.93. The number of halogens is 2. The van der Waals surface area contributed by atoms with Crippen LogP contribution in [0.3, 0.4) is 0 Å². The fourth-order valence-corrected chi connectivity index (χ4v) is 2.49. The van der Waals surface area contributed by atoms with E-state index in [9.17, 15) is 0 Å². The Balaban J connectivity index is 2.57. The van der Waals surface area contributed by atoms with Gasteiger partial charge in [0.2, 0.25) is 4.73 Å². The highest BCUT2D eigenvalue weighted by atomic mass is 79.9. The average molecular weight is 290 g/mol. The summed E-state index contributed by atoms with van der Waals surface area (Å²) in [5.74, 6) is 0. The Kier molecular flexibility index (Phi) is 2.85. The minimum Gasteiger partial charge on any atom is -0.209 e. The molecule has 14 heavy (non-hydrogen) atoms. The number of nitrogens with zero attached hydrogens (tertiary/aromatic N) is 2. The van der Waals surface area contributed by atoms with Crippen molar-refractivity contribution in [3.8, 4) is 10.6 Å². The molecule has 0 amide bonds. The Bertz CT molecular complexity index is 470. The van der Waals surface area contributed by atoms with Gasteiger partial charge in [-0.15, -0.1) is 0 Å². The Morgan fingerprint density at radius 3 is 2.86 bits per heavy atom. The molecule has 1 heterocycles. The van der Waals surface area contributed by atoms with Gasteiger partial charge >= 0.3 is 0 Å². The van der Waals surface area contributed by atoms with Crippen LogP contribution in [0.4, 0.5) is 0 Å². The monoisotopic (exact) mass is 288 g/mol. The third-order valence-corrected chi connectivity index (χ3v) is 3.65. The molecule has 0 N–H and O–H groups in total. The predicted molar refractivity (Wildman–Crippen MR) is 62.8 cm³/mol. The topological polar surface area (TPSA) is 25.8 Å². The van der Waals surface area contributed by atoms with Crippen LogP contribution in [-0.2, 0) is 0 Å². The van der Waals surface area contributed by atoms with E-state index < -0.39 is 0 Å². The standard InChI is InChI=1S/C9H6BrClN2S/c1-5-6(3-2-4-7(5)11)8-12-9(10)13-14-8/h2-4H,1H3. The number of hydrogen-bond acceptors (Lipinski definition) is 3. The Hall–Kier alpha value is -0.450. The van der Waals surface area contributed by atoms with E-state index in [1.165, 1.54) is 11.5 Å². The SMILES string of the molecule is Cc1c(Cl)cccc1-c1nc(Br)ns1. The number of rotatable bonds is 1. The first kappa shape index (κ1) is 10.1. The lowest BCUT2D eigenvalue weighted by atomic mass is 10.1. The summed E-state index contributed by atoms with van der Waals surface area (Å²) in [6.07, 6.45) is 0. The van der Waals surface area contributed by atoms with E-state index in [0.29, 0.717) is 4.73 Å². The van der Waals surface area contributed by atoms with Crippen LogP contribution in [0.15, 0.2) is 22.9 Å². The van der Waals surface area contributed by atoms with Crippen LogP contribution in [0, 0.1) is 6.92 Å². The van der Waals surface area contributed by atoms with E-state index in [2.05, 4.69) is 25.3 Å². The van der Waals surface area contributed by atoms with Crippen molar-refractivity contribution in [2.45, 2.75) is 6.92 Å². The molecule has 0 aliphatic heterocycles. The predicted octanol–water partition coefficient (Wildman–Crippen LogP) is 3.93. The van der Waals surface area contributed by atoms with Gasteiger partial charge in [-0.05, 0) is 46.0 Å². The molecule has 0 saturated carbocycles. The molecule has 0 radical (unpaired) electrons. The molecule has 0 spiro atoms. The molecule has 0 aliphatic rings. The zero-order chi connectivity index (χ0) is 10.1. The first-order valence-corrected chi connectivity index (χ1v) is 5.87. The van der Waals surface area contributed by atoms with Gasteiger partial charge in [-0.2, -0.15) is 4.37 Å². The molecular formula is C9H6BrClN2S. The van der Waals surface area contributed by atoms with Crippen LogP contribution in [0.1, 0.15) is 5.56 Å². The second-order valence-electron chi connectivity index (χ2n) is 2.78. The van der Waals surface area contributed by atoms with Crippen molar-refractivity contribution < 1.29 is 0 Å². The third kappa shape index (κ3) is 1.82. The highest BCUT2D eigenvalue weighted by Crippen LogP contribution is 2.29. The lowest BCUT2D eigenvalue weighted by Gasteiger charge is -2.02. The van der Waals surface area contributed by atoms with E-state index >= 15 is 0 Å². The normalized spacial score (nSPS) is 10.5. The molecule has 2 aromatic rings. The molecule has 0 fully saturated rings. The van der Waals surface area contributed by atoms with Gasteiger partial charge < -0.3 is 0 Å². The van der Waals surface area contributed by atoms with E-state index in [1.54, 1.807) is 0 Å². The number of aromatic nitrogens is 2. The summed E-state index contributed by atoms with van der Waals surface area (Å²) in [5, 5.41) is 1.64. The van der Waals surface area contributed by atoms with Gasteiger partial charge in [0.1, 0.15) is 5.01 Å². The Labute approximate surface area is 99.2 Å². The minimum absolute atomic E-state index is 0.622. The molecule has 5 heteroatoms. The Morgan fingerprint density at radius 1 is 1.43 bits per heavy atom. The van der Waals surface area contributed by atoms with Crippen LogP contribution in [0.2, 0.25) is 5.02 Å². The van der Waals surface area contributed by atoms with Crippen LogP contribution in [0.5, 0.6) is 0 Å². The van der Waals surface area contributed by atoms with E-state index in [1.807, 2.05) is 25.1 Å². The summed E-state index contributed by atoms with van der Waals surface area (Å²) in [6.45, 7) is 1.98. The van der Waals surface area contributed by atoms with Gasteiger partial charge in [-0.1, -0.05) is 23.7 Å². The van der Waals surface area contributed by atoms with Gasteiger partial charge in [0.05, 0.1) is 0 Å². The van der Waals surface area contributed by atoms with E-state index in [4.69, 9.17) is 11.6 Å². The third-order valence-electron chi connectivity index (χ3n) is 1.90. The summed E-state index contributed by atoms with van der Waals surface area (Å²) in [4.78, 5) is 4.25. The largest absolute Gasteiger partial charge is 0.209 e. The average Bonchev–Trinajstić information content (AvgIpc) is 2.57. The van der Waals surface area contributed by atoms with Crippen molar-refractivity contribution in [1.82, 2.24) is 9.36 Å². The van der Waals surface area contributed by atoms with Crippen LogP contribution >= 0.6 is 39.1 Å². The van der Waals surface area contributed by atoms with Gasteiger partial charge in [0, 0.05) is 10.6 Å². The molecule has 1 aromatic heterocycles. The van der Waals surface area contributed by atoms with Crippen molar-refractivity contribution in [2.75, 3.05) is 0 Å². The molecule has 0 bridgehead atoms. The fraction of sp³-hybridized carbons (Fsp3) is 0.111. The van der Waals surface area contributed by atoms with Crippen molar-refractivity contribution in [2.24, 2.45) is 0 Å². The summed E-state index contributed by atoms with van der Waals surface area (Å²) in [7, 11) is 0. The van der Waals surface area contributed by atoms with Crippen molar-refractivity contribution >= 4 is 39.1 Å². The van der Waals surface area contributed by atoms with Gasteiger partial charge in [0.15, 0.2) is 0 Å². The second-order valence-corrected chi connectivity index (χ2v) is 4.65.